The van der Waals surface area contributed by atoms with Gasteiger partial charge in [0.15, 0.2) is 5.78 Å². The average Bonchev–Trinajstić information content (AvgIpc) is 3.10. The molecule has 0 aromatic heterocycles. The molecule has 3 aromatic rings. The molecule has 3 aromatic carbocycles. The minimum atomic E-state index is -3.52. The van der Waals surface area contributed by atoms with E-state index in [0.717, 1.165) is 37.2 Å². The molecule has 5 nitrogen and oxygen atoms in total. The van der Waals surface area contributed by atoms with E-state index in [1.165, 1.54) is 16.3 Å². The molecular weight excluding hydrogens is 456 g/mol. The molecule has 0 saturated carbocycles. The molecule has 0 atom stereocenters. The number of ketones is 1. The van der Waals surface area contributed by atoms with Crippen LogP contribution in [-0.4, -0.2) is 38.1 Å². The van der Waals surface area contributed by atoms with Crippen molar-refractivity contribution in [3.8, 4) is 0 Å². The summed E-state index contributed by atoms with van der Waals surface area (Å²) < 4.78 is 27.5. The maximum absolute atomic E-state index is 13.4. The van der Waals surface area contributed by atoms with Crippen LogP contribution in [0, 0.1) is 0 Å². The summed E-state index contributed by atoms with van der Waals surface area (Å²) in [6.45, 7) is 8.31. The number of rotatable bonds is 5. The van der Waals surface area contributed by atoms with Gasteiger partial charge in [0.25, 0.3) is 0 Å². The van der Waals surface area contributed by atoms with E-state index in [4.69, 9.17) is 0 Å². The molecule has 1 fully saturated rings. The van der Waals surface area contributed by atoms with Gasteiger partial charge < -0.3 is 4.90 Å². The third kappa shape index (κ3) is 3.99. The molecule has 1 saturated heterocycles. The minimum absolute atomic E-state index is 0.120. The molecule has 0 spiro atoms. The van der Waals surface area contributed by atoms with Crippen LogP contribution < -0.4 is 4.90 Å². The second kappa shape index (κ2) is 8.92. The summed E-state index contributed by atoms with van der Waals surface area (Å²) in [5.74, 6) is -0.120. The molecule has 2 aliphatic rings. The summed E-state index contributed by atoms with van der Waals surface area (Å²) in [4.78, 5) is 15.8. The van der Waals surface area contributed by atoms with Crippen LogP contribution >= 0.6 is 0 Å². The van der Waals surface area contributed by atoms with Crippen molar-refractivity contribution >= 4 is 32.3 Å². The Morgan fingerprint density at radius 2 is 1.63 bits per heavy atom. The van der Waals surface area contributed by atoms with Crippen LogP contribution in [0.1, 0.15) is 56.0 Å². The molecular formula is C29H32N2O3S. The smallest absolute Gasteiger partial charge is 0.243 e. The van der Waals surface area contributed by atoms with Crippen molar-refractivity contribution in [3.05, 3.63) is 83.6 Å². The Hall–Kier alpha value is -2.96. The van der Waals surface area contributed by atoms with Crippen LogP contribution in [0.15, 0.2) is 77.3 Å². The first-order valence-electron chi connectivity index (χ1n) is 12.4. The van der Waals surface area contributed by atoms with Gasteiger partial charge in [-0.25, -0.2) is 8.42 Å². The third-order valence-corrected chi connectivity index (χ3v) is 9.34. The predicted octanol–water partition coefficient (Wildman–Crippen LogP) is 5.90. The minimum Gasteiger partial charge on any atom is -0.344 e. The van der Waals surface area contributed by atoms with Gasteiger partial charge in [-0.15, -0.1) is 0 Å². The Bertz CT molecular complexity index is 1420. The molecule has 2 heterocycles. The van der Waals surface area contributed by atoms with Gasteiger partial charge in [-0.2, -0.15) is 4.31 Å². The Balaban J connectivity index is 1.48. The van der Waals surface area contributed by atoms with Crippen LogP contribution in [0.3, 0.4) is 0 Å². The Kier molecular flexibility index (Phi) is 6.06. The number of carbonyl (C=O) groups is 1. The van der Waals surface area contributed by atoms with Crippen molar-refractivity contribution in [2.45, 2.75) is 50.3 Å². The number of fused-ring (bicyclic) bond motifs is 3. The summed E-state index contributed by atoms with van der Waals surface area (Å²) in [6, 6.07) is 19.1. The molecule has 35 heavy (non-hydrogen) atoms. The van der Waals surface area contributed by atoms with E-state index < -0.39 is 10.0 Å². The van der Waals surface area contributed by atoms with Crippen LogP contribution in [0.25, 0.3) is 10.8 Å². The highest BCUT2D eigenvalue weighted by atomic mass is 32.2. The van der Waals surface area contributed by atoms with Gasteiger partial charge in [0.1, 0.15) is 0 Å². The van der Waals surface area contributed by atoms with Crippen molar-refractivity contribution in [2.24, 2.45) is 0 Å². The summed E-state index contributed by atoms with van der Waals surface area (Å²) in [6.07, 6.45) is 4.58. The lowest BCUT2D eigenvalue weighted by Crippen LogP contribution is -2.35. The summed E-state index contributed by atoms with van der Waals surface area (Å²) >= 11 is 0. The standard InChI is InChI=1S/C29H32N2O3S/c1-4-31-25-17-14-21-10-6-7-11-24(21)28(25)29(2,3)27(31)20-26(32)22-12-15-23(16-13-22)35(33,34)30-18-8-5-9-19-30/h6-7,10-17,20H,4-5,8-9,18-19H2,1-3H3/b27-20-. The molecule has 0 amide bonds. The fraction of sp³-hybridized carbons (Fsp3) is 0.345. The summed E-state index contributed by atoms with van der Waals surface area (Å²) in [5, 5.41) is 2.39. The zero-order chi connectivity index (χ0) is 24.8. The highest BCUT2D eigenvalue weighted by Crippen LogP contribution is 2.50. The molecule has 0 radical (unpaired) electrons. The first-order valence-corrected chi connectivity index (χ1v) is 13.9. The maximum atomic E-state index is 13.4. The number of carbonyl (C=O) groups excluding carboxylic acids is 1. The highest BCUT2D eigenvalue weighted by molar-refractivity contribution is 7.89. The Morgan fingerprint density at radius 3 is 2.31 bits per heavy atom. The number of allylic oxidation sites excluding steroid dienone is 2. The Morgan fingerprint density at radius 1 is 0.943 bits per heavy atom. The lowest BCUT2D eigenvalue weighted by molar-refractivity contribution is 0.104. The zero-order valence-corrected chi connectivity index (χ0v) is 21.4. The number of anilines is 1. The first kappa shape index (κ1) is 23.8. The van der Waals surface area contributed by atoms with Gasteiger partial charge in [0.2, 0.25) is 10.0 Å². The molecule has 0 unspecified atom stereocenters. The van der Waals surface area contributed by atoms with E-state index in [2.05, 4.69) is 56.0 Å². The number of hydrogen-bond acceptors (Lipinski definition) is 4. The highest BCUT2D eigenvalue weighted by Gasteiger charge is 2.41. The number of benzene rings is 3. The van der Waals surface area contributed by atoms with Gasteiger partial charge in [0.05, 0.1) is 4.90 Å². The van der Waals surface area contributed by atoms with Crippen LogP contribution in [0.5, 0.6) is 0 Å². The van der Waals surface area contributed by atoms with E-state index in [1.54, 1.807) is 34.6 Å². The first-order chi connectivity index (χ1) is 16.7. The van der Waals surface area contributed by atoms with E-state index in [0.29, 0.717) is 18.7 Å². The fourth-order valence-corrected chi connectivity index (χ4v) is 7.11. The van der Waals surface area contributed by atoms with Gasteiger partial charge in [-0.05, 0) is 66.4 Å². The van der Waals surface area contributed by atoms with Crippen molar-refractivity contribution in [3.63, 3.8) is 0 Å². The maximum Gasteiger partial charge on any atom is 0.243 e. The lowest BCUT2D eigenvalue weighted by Gasteiger charge is -2.26. The summed E-state index contributed by atoms with van der Waals surface area (Å²) in [7, 11) is -3.52. The fourth-order valence-electron chi connectivity index (χ4n) is 5.59. The number of hydrogen-bond donors (Lipinski definition) is 0. The van der Waals surface area contributed by atoms with Crippen LogP contribution in [0.2, 0.25) is 0 Å². The largest absolute Gasteiger partial charge is 0.344 e. The predicted molar refractivity (Wildman–Crippen MR) is 141 cm³/mol. The SMILES string of the molecule is CCN1/C(=C\C(=O)c2ccc(S(=O)(=O)N3CCCCC3)cc2)C(C)(C)c2c1ccc1ccccc21. The topological polar surface area (TPSA) is 57.7 Å². The normalized spacial score (nSPS) is 19.3. The second-order valence-electron chi connectivity index (χ2n) is 9.93. The quantitative estimate of drug-likeness (QED) is 0.331. The van der Waals surface area contributed by atoms with Crippen LogP contribution in [-0.2, 0) is 15.4 Å². The Labute approximate surface area is 208 Å². The second-order valence-corrected chi connectivity index (χ2v) is 11.9. The van der Waals surface area contributed by atoms with Gasteiger partial charge in [-0.3, -0.25) is 4.79 Å². The van der Waals surface area contributed by atoms with E-state index >= 15 is 0 Å². The van der Waals surface area contributed by atoms with E-state index in [9.17, 15) is 13.2 Å². The number of nitrogens with zero attached hydrogens (tertiary/aromatic N) is 2. The van der Waals surface area contributed by atoms with Crippen molar-refractivity contribution in [2.75, 3.05) is 24.5 Å². The average molecular weight is 489 g/mol. The molecule has 0 N–H and O–H groups in total. The van der Waals surface area contributed by atoms with Gasteiger partial charge >= 0.3 is 0 Å². The van der Waals surface area contributed by atoms with E-state index in [1.807, 2.05) is 6.07 Å². The molecule has 0 aliphatic carbocycles. The van der Waals surface area contributed by atoms with Crippen molar-refractivity contribution in [1.82, 2.24) is 4.31 Å². The zero-order valence-electron chi connectivity index (χ0n) is 20.6. The molecule has 182 valence electrons. The number of likely N-dealkylation sites (N-methyl/N-ethyl adjacent to an activating group) is 1. The van der Waals surface area contributed by atoms with E-state index in [-0.39, 0.29) is 16.1 Å². The lowest BCUT2D eigenvalue weighted by atomic mass is 9.80. The molecule has 6 heteroatoms. The van der Waals surface area contributed by atoms with Crippen molar-refractivity contribution in [1.29, 1.82) is 0 Å². The number of piperidine rings is 1. The monoisotopic (exact) mass is 488 g/mol. The van der Waals surface area contributed by atoms with Crippen LogP contribution in [0.4, 0.5) is 5.69 Å². The van der Waals surface area contributed by atoms with Gasteiger partial charge in [-0.1, -0.05) is 50.6 Å². The van der Waals surface area contributed by atoms with Gasteiger partial charge in [0, 0.05) is 48.1 Å². The molecule has 0 bridgehead atoms. The molecule has 2 aliphatic heterocycles. The molecule has 5 rings (SSSR count). The van der Waals surface area contributed by atoms with Crippen molar-refractivity contribution < 1.29 is 13.2 Å². The third-order valence-electron chi connectivity index (χ3n) is 7.43. The number of sulfonamides is 1. The summed E-state index contributed by atoms with van der Waals surface area (Å²) in [5.41, 5.74) is 3.47.